The number of hydrogen-bond donors (Lipinski definition) is 0. The highest BCUT2D eigenvalue weighted by atomic mass is 32.2. The zero-order valence-electron chi connectivity index (χ0n) is 12.4. The molecule has 0 radical (unpaired) electrons. The standard InChI is InChI=1S/C15H24N2O2S/c1-14-6-5-7-15(12-14)13-20(18,19)16(2)10-11-17-8-3-4-9-17/h5-7,12H,3-4,8-11,13H2,1-2H3. The molecule has 1 fully saturated rings. The van der Waals surface area contributed by atoms with Crippen LogP contribution < -0.4 is 0 Å². The number of hydrogen-bond acceptors (Lipinski definition) is 3. The first kappa shape index (κ1) is 15.5. The summed E-state index contributed by atoms with van der Waals surface area (Å²) in [6.07, 6.45) is 2.47. The summed E-state index contributed by atoms with van der Waals surface area (Å²) in [5.41, 5.74) is 1.95. The first-order valence-corrected chi connectivity index (χ1v) is 8.80. The summed E-state index contributed by atoms with van der Waals surface area (Å²) in [6.45, 7) is 5.60. The van der Waals surface area contributed by atoms with E-state index in [4.69, 9.17) is 0 Å². The van der Waals surface area contributed by atoms with Crippen LogP contribution in [0, 0.1) is 6.92 Å². The Morgan fingerprint density at radius 2 is 1.95 bits per heavy atom. The van der Waals surface area contributed by atoms with Crippen LogP contribution in [0.2, 0.25) is 0 Å². The smallest absolute Gasteiger partial charge is 0.218 e. The third-order valence-corrected chi connectivity index (χ3v) is 5.67. The fourth-order valence-corrected chi connectivity index (χ4v) is 3.73. The Morgan fingerprint density at radius 3 is 2.60 bits per heavy atom. The van der Waals surface area contributed by atoms with E-state index in [1.165, 1.54) is 17.1 Å². The maximum absolute atomic E-state index is 12.3. The van der Waals surface area contributed by atoms with Gasteiger partial charge in [0.15, 0.2) is 0 Å². The predicted molar refractivity (Wildman–Crippen MR) is 82.1 cm³/mol. The van der Waals surface area contributed by atoms with Crippen LogP contribution in [0.5, 0.6) is 0 Å². The van der Waals surface area contributed by atoms with Crippen molar-refractivity contribution < 1.29 is 8.42 Å². The molecule has 0 amide bonds. The molecule has 0 spiro atoms. The Balaban J connectivity index is 1.91. The van der Waals surface area contributed by atoms with E-state index in [2.05, 4.69) is 4.90 Å². The molecule has 112 valence electrons. The van der Waals surface area contributed by atoms with Crippen LogP contribution in [0.25, 0.3) is 0 Å². The molecule has 0 N–H and O–H groups in total. The van der Waals surface area contributed by atoms with E-state index in [0.717, 1.165) is 30.8 Å². The highest BCUT2D eigenvalue weighted by molar-refractivity contribution is 7.88. The van der Waals surface area contributed by atoms with Crippen molar-refractivity contribution in [1.29, 1.82) is 0 Å². The third-order valence-electron chi connectivity index (χ3n) is 3.84. The fourth-order valence-electron chi connectivity index (χ4n) is 2.55. The van der Waals surface area contributed by atoms with Crippen LogP contribution in [-0.2, 0) is 15.8 Å². The van der Waals surface area contributed by atoms with E-state index in [0.29, 0.717) is 6.54 Å². The van der Waals surface area contributed by atoms with Crippen LogP contribution in [-0.4, -0.2) is 50.8 Å². The minimum atomic E-state index is -3.22. The van der Waals surface area contributed by atoms with Gasteiger partial charge in [-0.15, -0.1) is 0 Å². The molecule has 1 aromatic carbocycles. The minimum absolute atomic E-state index is 0.0885. The molecule has 0 saturated carbocycles. The molecule has 0 aliphatic carbocycles. The predicted octanol–water partition coefficient (Wildman–Crippen LogP) is 1.85. The SMILES string of the molecule is Cc1cccc(CS(=O)(=O)N(C)CCN2CCCC2)c1. The average Bonchev–Trinajstić information content (AvgIpc) is 2.88. The van der Waals surface area contributed by atoms with Gasteiger partial charge in [-0.3, -0.25) is 0 Å². The molecule has 20 heavy (non-hydrogen) atoms. The molecular weight excluding hydrogens is 272 g/mol. The van der Waals surface area contributed by atoms with Crippen LogP contribution in [0.15, 0.2) is 24.3 Å². The topological polar surface area (TPSA) is 40.6 Å². The number of likely N-dealkylation sites (N-methyl/N-ethyl adjacent to an activating group) is 1. The Kier molecular flexibility index (Phi) is 5.18. The van der Waals surface area contributed by atoms with Gasteiger partial charge in [0, 0.05) is 20.1 Å². The highest BCUT2D eigenvalue weighted by Gasteiger charge is 2.20. The molecule has 1 aliphatic rings. The Morgan fingerprint density at radius 1 is 1.25 bits per heavy atom. The number of benzene rings is 1. The van der Waals surface area contributed by atoms with Crippen molar-refractivity contribution in [2.24, 2.45) is 0 Å². The van der Waals surface area contributed by atoms with Gasteiger partial charge >= 0.3 is 0 Å². The van der Waals surface area contributed by atoms with Crippen molar-refractivity contribution >= 4 is 10.0 Å². The van der Waals surface area contributed by atoms with E-state index in [-0.39, 0.29) is 5.75 Å². The van der Waals surface area contributed by atoms with Crippen molar-refractivity contribution in [2.45, 2.75) is 25.5 Å². The number of nitrogens with zero attached hydrogens (tertiary/aromatic N) is 2. The zero-order valence-corrected chi connectivity index (χ0v) is 13.2. The lowest BCUT2D eigenvalue weighted by molar-refractivity contribution is 0.310. The molecule has 4 nitrogen and oxygen atoms in total. The van der Waals surface area contributed by atoms with Crippen LogP contribution in [0.3, 0.4) is 0 Å². The van der Waals surface area contributed by atoms with Gasteiger partial charge in [-0.2, -0.15) is 0 Å². The van der Waals surface area contributed by atoms with Gasteiger partial charge in [0.2, 0.25) is 10.0 Å². The summed E-state index contributed by atoms with van der Waals surface area (Å²) in [6, 6.07) is 7.70. The van der Waals surface area contributed by atoms with E-state index in [1.807, 2.05) is 31.2 Å². The van der Waals surface area contributed by atoms with Gasteiger partial charge in [0.25, 0.3) is 0 Å². The molecule has 0 aromatic heterocycles. The monoisotopic (exact) mass is 296 g/mol. The normalized spacial score (nSPS) is 16.9. The third kappa shape index (κ3) is 4.30. The number of aryl methyl sites for hydroxylation is 1. The van der Waals surface area contributed by atoms with Crippen molar-refractivity contribution in [3.63, 3.8) is 0 Å². The van der Waals surface area contributed by atoms with Gasteiger partial charge in [0.1, 0.15) is 0 Å². The Bertz CT molecular complexity index is 537. The second kappa shape index (κ2) is 6.70. The van der Waals surface area contributed by atoms with Crippen molar-refractivity contribution in [3.05, 3.63) is 35.4 Å². The first-order valence-electron chi connectivity index (χ1n) is 7.19. The molecule has 5 heteroatoms. The molecule has 1 saturated heterocycles. The number of sulfonamides is 1. The largest absolute Gasteiger partial charge is 0.302 e. The van der Waals surface area contributed by atoms with Gasteiger partial charge in [0.05, 0.1) is 5.75 Å². The summed E-state index contributed by atoms with van der Waals surface area (Å²) >= 11 is 0. The lowest BCUT2D eigenvalue weighted by Crippen LogP contribution is -2.35. The summed E-state index contributed by atoms with van der Waals surface area (Å²) < 4.78 is 26.1. The lowest BCUT2D eigenvalue weighted by Gasteiger charge is -2.21. The molecule has 1 aromatic rings. The maximum atomic E-state index is 12.3. The lowest BCUT2D eigenvalue weighted by atomic mass is 10.2. The number of rotatable bonds is 6. The van der Waals surface area contributed by atoms with Crippen LogP contribution >= 0.6 is 0 Å². The zero-order chi connectivity index (χ0) is 14.6. The maximum Gasteiger partial charge on any atom is 0.218 e. The minimum Gasteiger partial charge on any atom is -0.302 e. The molecule has 0 unspecified atom stereocenters. The van der Waals surface area contributed by atoms with Crippen molar-refractivity contribution in [2.75, 3.05) is 33.2 Å². The Labute approximate surface area is 122 Å². The summed E-state index contributed by atoms with van der Waals surface area (Å²) in [5.74, 6) is 0.0885. The van der Waals surface area contributed by atoms with Gasteiger partial charge < -0.3 is 4.90 Å². The highest BCUT2D eigenvalue weighted by Crippen LogP contribution is 2.12. The quantitative estimate of drug-likeness (QED) is 0.804. The molecule has 0 bridgehead atoms. The van der Waals surface area contributed by atoms with E-state index in [1.54, 1.807) is 7.05 Å². The molecule has 0 atom stereocenters. The second-order valence-electron chi connectivity index (χ2n) is 5.62. The first-order chi connectivity index (χ1) is 9.47. The van der Waals surface area contributed by atoms with Crippen LogP contribution in [0.4, 0.5) is 0 Å². The summed E-state index contributed by atoms with van der Waals surface area (Å²) in [4.78, 5) is 2.33. The molecule has 1 aliphatic heterocycles. The second-order valence-corrected chi connectivity index (χ2v) is 7.69. The number of likely N-dealkylation sites (tertiary alicyclic amines) is 1. The summed E-state index contributed by atoms with van der Waals surface area (Å²) in [5, 5.41) is 0. The van der Waals surface area contributed by atoms with Crippen LogP contribution in [0.1, 0.15) is 24.0 Å². The fraction of sp³-hybridized carbons (Fsp3) is 0.600. The average molecular weight is 296 g/mol. The van der Waals surface area contributed by atoms with E-state index in [9.17, 15) is 8.42 Å². The molecular formula is C15H24N2O2S. The van der Waals surface area contributed by atoms with Crippen molar-refractivity contribution in [3.8, 4) is 0 Å². The van der Waals surface area contributed by atoms with Gasteiger partial charge in [-0.05, 0) is 38.4 Å². The molecule has 1 heterocycles. The Hall–Kier alpha value is -0.910. The van der Waals surface area contributed by atoms with E-state index >= 15 is 0 Å². The van der Waals surface area contributed by atoms with Gasteiger partial charge in [-0.1, -0.05) is 29.8 Å². The molecule has 2 rings (SSSR count). The van der Waals surface area contributed by atoms with E-state index < -0.39 is 10.0 Å². The van der Waals surface area contributed by atoms with Gasteiger partial charge in [-0.25, -0.2) is 12.7 Å². The summed E-state index contributed by atoms with van der Waals surface area (Å²) in [7, 11) is -1.53. The van der Waals surface area contributed by atoms with Crippen molar-refractivity contribution in [1.82, 2.24) is 9.21 Å².